The summed E-state index contributed by atoms with van der Waals surface area (Å²) in [5.41, 5.74) is 3.24. The van der Waals surface area contributed by atoms with E-state index in [1.807, 2.05) is 69.0 Å². The molecule has 0 aliphatic carbocycles. The van der Waals surface area contributed by atoms with E-state index in [9.17, 15) is 4.79 Å². The third-order valence-electron chi connectivity index (χ3n) is 6.10. The van der Waals surface area contributed by atoms with Crippen LogP contribution >= 0.6 is 0 Å². The lowest BCUT2D eigenvalue weighted by Gasteiger charge is -2.32. The van der Waals surface area contributed by atoms with Crippen LogP contribution in [-0.2, 0) is 22.3 Å². The van der Waals surface area contributed by atoms with Crippen LogP contribution in [0.3, 0.4) is 0 Å². The summed E-state index contributed by atoms with van der Waals surface area (Å²) in [5.74, 6) is 0.0966. The molecule has 0 bridgehead atoms. The molecule has 0 unspecified atom stereocenters. The summed E-state index contributed by atoms with van der Waals surface area (Å²) < 4.78 is 12.4. The van der Waals surface area contributed by atoms with E-state index in [1.54, 1.807) is 0 Å². The molecule has 1 saturated heterocycles. The van der Waals surface area contributed by atoms with Gasteiger partial charge in [0.1, 0.15) is 0 Å². The number of fused-ring (bicyclic) bond motifs is 1. The van der Waals surface area contributed by atoms with Gasteiger partial charge in [-0.3, -0.25) is 4.79 Å². The lowest BCUT2D eigenvalue weighted by atomic mass is 9.75. The van der Waals surface area contributed by atoms with Gasteiger partial charge in [0.2, 0.25) is 0 Å². The number of hydrogen-bond donors (Lipinski definition) is 0. The van der Waals surface area contributed by atoms with Gasteiger partial charge in [0, 0.05) is 18.7 Å². The van der Waals surface area contributed by atoms with E-state index in [-0.39, 0.29) is 5.91 Å². The van der Waals surface area contributed by atoms with Crippen molar-refractivity contribution >= 4 is 18.5 Å². The summed E-state index contributed by atoms with van der Waals surface area (Å²) >= 11 is 0. The highest BCUT2D eigenvalue weighted by Crippen LogP contribution is 2.37. The molecule has 1 amide bonds. The molecule has 0 saturated carbocycles. The number of benzene rings is 2. The van der Waals surface area contributed by atoms with Crippen molar-refractivity contribution in [3.63, 3.8) is 0 Å². The highest BCUT2D eigenvalue weighted by atomic mass is 16.7. The van der Waals surface area contributed by atoms with Crippen molar-refractivity contribution in [2.24, 2.45) is 0 Å². The van der Waals surface area contributed by atoms with Crippen LogP contribution in [-0.4, -0.2) is 35.7 Å². The first-order chi connectivity index (χ1) is 12.8. The fraction of sp³-hybridized carbons (Fsp3) is 0.409. The molecule has 0 spiro atoms. The van der Waals surface area contributed by atoms with Gasteiger partial charge in [-0.2, -0.15) is 0 Å². The molecule has 1 fully saturated rings. The van der Waals surface area contributed by atoms with Gasteiger partial charge in [-0.05, 0) is 56.8 Å². The zero-order valence-electron chi connectivity index (χ0n) is 16.5. The molecule has 140 valence electrons. The second kappa shape index (κ2) is 6.50. The average molecular weight is 363 g/mol. The topological polar surface area (TPSA) is 38.8 Å². The predicted octanol–water partition coefficient (Wildman–Crippen LogP) is 3.18. The molecule has 0 atom stereocenters. The monoisotopic (exact) mass is 363 g/mol. The Labute approximate surface area is 161 Å². The van der Waals surface area contributed by atoms with Gasteiger partial charge < -0.3 is 14.2 Å². The van der Waals surface area contributed by atoms with Gasteiger partial charge in [-0.25, -0.2) is 0 Å². The number of carbonyl (C=O) groups excluding carboxylic acids is 1. The Bertz CT molecular complexity index is 847. The van der Waals surface area contributed by atoms with Crippen molar-refractivity contribution in [2.45, 2.75) is 51.9 Å². The minimum atomic E-state index is -0.438. The molecule has 2 aromatic rings. The molecular weight excluding hydrogens is 337 g/mol. The Morgan fingerprint density at radius 3 is 2.30 bits per heavy atom. The van der Waals surface area contributed by atoms with Crippen molar-refractivity contribution < 1.29 is 14.1 Å². The molecule has 2 aliphatic heterocycles. The summed E-state index contributed by atoms with van der Waals surface area (Å²) in [5, 5.41) is 0. The fourth-order valence-corrected chi connectivity index (χ4v) is 3.69. The Hall–Kier alpha value is -2.11. The molecule has 2 aromatic carbocycles. The minimum Gasteiger partial charge on any atom is -0.399 e. The third kappa shape index (κ3) is 3.19. The van der Waals surface area contributed by atoms with E-state index in [0.717, 1.165) is 23.0 Å². The fourth-order valence-electron chi connectivity index (χ4n) is 3.69. The van der Waals surface area contributed by atoms with Crippen LogP contribution in [0.5, 0.6) is 0 Å². The summed E-state index contributed by atoms with van der Waals surface area (Å²) in [6, 6.07) is 16.1. The van der Waals surface area contributed by atoms with E-state index < -0.39 is 18.3 Å². The van der Waals surface area contributed by atoms with Crippen LogP contribution in [0, 0.1) is 0 Å². The predicted molar refractivity (Wildman–Crippen MR) is 107 cm³/mol. The summed E-state index contributed by atoms with van der Waals surface area (Å²) in [6.07, 6.45) is 0.854. The van der Waals surface area contributed by atoms with E-state index in [4.69, 9.17) is 9.31 Å². The molecule has 0 radical (unpaired) electrons. The van der Waals surface area contributed by atoms with Crippen molar-refractivity contribution in [1.82, 2.24) is 4.90 Å². The molecule has 5 heteroatoms. The third-order valence-corrected chi connectivity index (χ3v) is 6.10. The smallest absolute Gasteiger partial charge is 0.399 e. The van der Waals surface area contributed by atoms with Gasteiger partial charge in [-0.1, -0.05) is 42.5 Å². The number of amides is 1. The first kappa shape index (κ1) is 18.3. The minimum absolute atomic E-state index is 0.0966. The highest BCUT2D eigenvalue weighted by molar-refractivity contribution is 6.62. The van der Waals surface area contributed by atoms with E-state index in [0.29, 0.717) is 13.1 Å². The van der Waals surface area contributed by atoms with Crippen LogP contribution in [0.4, 0.5) is 0 Å². The molecule has 0 aromatic heterocycles. The zero-order chi connectivity index (χ0) is 19.2. The molecule has 4 nitrogen and oxygen atoms in total. The van der Waals surface area contributed by atoms with Crippen LogP contribution in [0.2, 0.25) is 0 Å². The van der Waals surface area contributed by atoms with Gasteiger partial charge in [0.25, 0.3) is 5.91 Å². The van der Waals surface area contributed by atoms with Crippen molar-refractivity contribution in [3.8, 4) is 0 Å². The van der Waals surface area contributed by atoms with E-state index in [1.165, 1.54) is 5.56 Å². The molecular formula is C22H26BNO3. The zero-order valence-corrected chi connectivity index (χ0v) is 16.5. The molecule has 27 heavy (non-hydrogen) atoms. The molecule has 2 heterocycles. The van der Waals surface area contributed by atoms with Gasteiger partial charge in [-0.15, -0.1) is 0 Å². The average Bonchev–Trinajstić information content (AvgIpc) is 3.07. The molecule has 4 rings (SSSR count). The maximum Gasteiger partial charge on any atom is 0.495 e. The van der Waals surface area contributed by atoms with Gasteiger partial charge in [0.15, 0.2) is 0 Å². The van der Waals surface area contributed by atoms with Gasteiger partial charge >= 0.3 is 7.12 Å². The molecule has 2 aliphatic rings. The summed E-state index contributed by atoms with van der Waals surface area (Å²) in [6.45, 7) is 9.52. The Balaban J connectivity index is 1.55. The second-order valence-electron chi connectivity index (χ2n) is 8.42. The molecule has 0 N–H and O–H groups in total. The SMILES string of the molecule is CC1(C)OB(c2cccc3c2CN(CCc2ccccc2)C3=O)OC1(C)C. The Kier molecular flexibility index (Phi) is 4.40. The van der Waals surface area contributed by atoms with Crippen LogP contribution in [0.25, 0.3) is 0 Å². The number of nitrogens with zero attached hydrogens (tertiary/aromatic N) is 1. The number of hydrogen-bond acceptors (Lipinski definition) is 3. The lowest BCUT2D eigenvalue weighted by molar-refractivity contribution is 0.00578. The Morgan fingerprint density at radius 2 is 1.63 bits per heavy atom. The first-order valence-electron chi connectivity index (χ1n) is 9.59. The maximum atomic E-state index is 12.9. The normalized spacial score (nSPS) is 20.2. The highest BCUT2D eigenvalue weighted by Gasteiger charge is 2.52. The van der Waals surface area contributed by atoms with E-state index >= 15 is 0 Å². The Morgan fingerprint density at radius 1 is 0.963 bits per heavy atom. The summed E-state index contributed by atoms with van der Waals surface area (Å²) in [7, 11) is -0.438. The largest absolute Gasteiger partial charge is 0.495 e. The van der Waals surface area contributed by atoms with E-state index in [2.05, 4.69) is 12.1 Å². The van der Waals surface area contributed by atoms with Crippen molar-refractivity contribution in [3.05, 3.63) is 65.2 Å². The second-order valence-corrected chi connectivity index (χ2v) is 8.42. The first-order valence-corrected chi connectivity index (χ1v) is 9.59. The van der Waals surface area contributed by atoms with Crippen molar-refractivity contribution in [2.75, 3.05) is 6.54 Å². The standard InChI is InChI=1S/C22H26BNO3/c1-21(2)22(3,4)27-23(26-21)19-12-8-11-17-18(19)15-24(20(17)25)14-13-16-9-6-5-7-10-16/h5-12H,13-15H2,1-4H3. The van der Waals surface area contributed by atoms with Crippen LogP contribution in [0.1, 0.15) is 49.2 Å². The van der Waals surface area contributed by atoms with Crippen LogP contribution in [0.15, 0.2) is 48.5 Å². The number of carbonyl (C=O) groups is 1. The van der Waals surface area contributed by atoms with Crippen molar-refractivity contribution in [1.29, 1.82) is 0 Å². The van der Waals surface area contributed by atoms with Gasteiger partial charge in [0.05, 0.1) is 11.2 Å². The maximum absolute atomic E-state index is 12.9. The lowest BCUT2D eigenvalue weighted by Crippen LogP contribution is -2.41. The number of rotatable bonds is 4. The van der Waals surface area contributed by atoms with Crippen LogP contribution < -0.4 is 5.46 Å². The summed E-state index contributed by atoms with van der Waals surface area (Å²) in [4.78, 5) is 14.8. The quantitative estimate of drug-likeness (QED) is 0.784.